The van der Waals surface area contributed by atoms with Gasteiger partial charge in [-0.1, -0.05) is 65.7 Å². The Morgan fingerprint density at radius 3 is 2.29 bits per heavy atom. The van der Waals surface area contributed by atoms with E-state index in [4.69, 9.17) is 23.2 Å². The largest absolute Gasteiger partial charge is 0.384 e. The maximum Gasteiger partial charge on any atom is 0.131 e. The predicted octanol–water partition coefficient (Wildman–Crippen LogP) is 5.37. The van der Waals surface area contributed by atoms with Gasteiger partial charge in [-0.15, -0.1) is 0 Å². The van der Waals surface area contributed by atoms with E-state index in [1.54, 1.807) is 48.5 Å². The lowest BCUT2D eigenvalue weighted by Gasteiger charge is -2.16. The summed E-state index contributed by atoms with van der Waals surface area (Å²) in [6, 6.07) is 15.0. The van der Waals surface area contributed by atoms with Crippen LogP contribution in [0, 0.1) is 5.82 Å². The van der Waals surface area contributed by atoms with Crippen LogP contribution in [0.25, 0.3) is 10.8 Å². The summed E-state index contributed by atoms with van der Waals surface area (Å²) in [4.78, 5) is 0. The van der Waals surface area contributed by atoms with Gasteiger partial charge in [-0.25, -0.2) is 4.39 Å². The van der Waals surface area contributed by atoms with Crippen LogP contribution in [0.15, 0.2) is 54.6 Å². The molecule has 1 atom stereocenters. The van der Waals surface area contributed by atoms with Crippen molar-refractivity contribution in [3.8, 4) is 0 Å². The predicted molar refractivity (Wildman–Crippen MR) is 84.4 cm³/mol. The number of hydrogen-bond acceptors (Lipinski definition) is 1. The molecule has 0 heterocycles. The SMILES string of the molecule is OC(c1cccc(Cl)c1Cl)c1ccc(F)c2ccccc12. The van der Waals surface area contributed by atoms with E-state index < -0.39 is 6.10 Å². The first kappa shape index (κ1) is 14.3. The molecule has 0 saturated carbocycles. The van der Waals surface area contributed by atoms with Crippen molar-refractivity contribution in [2.24, 2.45) is 0 Å². The maximum absolute atomic E-state index is 13.8. The van der Waals surface area contributed by atoms with E-state index in [0.717, 1.165) is 0 Å². The molecular formula is C17H11Cl2FO. The standard InChI is InChI=1S/C17H11Cl2FO/c18-14-7-3-6-13(16(14)19)17(21)12-8-9-15(20)11-5-2-1-4-10(11)12/h1-9,17,21H. The Kier molecular flexibility index (Phi) is 3.85. The van der Waals surface area contributed by atoms with Gasteiger partial charge in [0.15, 0.2) is 0 Å². The van der Waals surface area contributed by atoms with Crippen molar-refractivity contribution in [2.45, 2.75) is 6.10 Å². The second kappa shape index (κ2) is 5.64. The number of fused-ring (bicyclic) bond motifs is 1. The Balaban J connectivity index is 2.21. The molecule has 1 unspecified atom stereocenters. The highest BCUT2D eigenvalue weighted by Gasteiger charge is 2.18. The third kappa shape index (κ3) is 2.51. The average Bonchev–Trinajstić information content (AvgIpc) is 2.50. The normalized spacial score (nSPS) is 12.6. The molecule has 0 bridgehead atoms. The minimum atomic E-state index is -0.971. The molecule has 0 amide bonds. The summed E-state index contributed by atoms with van der Waals surface area (Å²) in [7, 11) is 0. The molecule has 0 saturated heterocycles. The van der Waals surface area contributed by atoms with Crippen LogP contribution in [0.1, 0.15) is 17.2 Å². The zero-order valence-electron chi connectivity index (χ0n) is 10.9. The molecular weight excluding hydrogens is 310 g/mol. The van der Waals surface area contributed by atoms with Crippen molar-refractivity contribution in [3.63, 3.8) is 0 Å². The fraction of sp³-hybridized carbons (Fsp3) is 0.0588. The fourth-order valence-corrected chi connectivity index (χ4v) is 2.83. The quantitative estimate of drug-likeness (QED) is 0.673. The second-order valence-electron chi connectivity index (χ2n) is 4.73. The second-order valence-corrected chi connectivity index (χ2v) is 5.51. The van der Waals surface area contributed by atoms with E-state index in [-0.39, 0.29) is 5.82 Å². The average molecular weight is 321 g/mol. The molecule has 0 fully saturated rings. The van der Waals surface area contributed by atoms with Gasteiger partial charge in [0.25, 0.3) is 0 Å². The molecule has 3 aromatic carbocycles. The summed E-state index contributed by atoms with van der Waals surface area (Å²) >= 11 is 12.1. The minimum absolute atomic E-state index is 0.306. The van der Waals surface area contributed by atoms with Crippen LogP contribution in [-0.2, 0) is 0 Å². The van der Waals surface area contributed by atoms with Crippen LogP contribution in [0.3, 0.4) is 0 Å². The van der Waals surface area contributed by atoms with Crippen LogP contribution in [0.2, 0.25) is 10.0 Å². The van der Waals surface area contributed by atoms with Gasteiger partial charge in [-0.2, -0.15) is 0 Å². The van der Waals surface area contributed by atoms with Gasteiger partial charge in [0.2, 0.25) is 0 Å². The molecule has 0 spiro atoms. The molecule has 3 aromatic rings. The van der Waals surface area contributed by atoms with Crippen molar-refractivity contribution in [1.29, 1.82) is 0 Å². The smallest absolute Gasteiger partial charge is 0.131 e. The lowest BCUT2D eigenvalue weighted by molar-refractivity contribution is 0.222. The van der Waals surface area contributed by atoms with Crippen molar-refractivity contribution in [1.82, 2.24) is 0 Å². The van der Waals surface area contributed by atoms with Crippen LogP contribution in [0.5, 0.6) is 0 Å². The lowest BCUT2D eigenvalue weighted by Crippen LogP contribution is -2.02. The van der Waals surface area contributed by atoms with Gasteiger partial charge in [0.05, 0.1) is 10.0 Å². The summed E-state index contributed by atoms with van der Waals surface area (Å²) in [5.74, 6) is -0.321. The van der Waals surface area contributed by atoms with Crippen LogP contribution >= 0.6 is 23.2 Å². The Morgan fingerprint density at radius 1 is 0.810 bits per heavy atom. The van der Waals surface area contributed by atoms with Gasteiger partial charge < -0.3 is 5.11 Å². The molecule has 4 heteroatoms. The van der Waals surface area contributed by atoms with E-state index in [1.165, 1.54) is 6.07 Å². The number of hydrogen-bond donors (Lipinski definition) is 1. The molecule has 3 rings (SSSR count). The Labute approximate surface area is 131 Å². The first-order valence-electron chi connectivity index (χ1n) is 6.38. The summed E-state index contributed by atoms with van der Waals surface area (Å²) in [5, 5.41) is 12.4. The van der Waals surface area contributed by atoms with Crippen LogP contribution < -0.4 is 0 Å². The van der Waals surface area contributed by atoms with E-state index >= 15 is 0 Å². The van der Waals surface area contributed by atoms with Crippen LogP contribution in [0.4, 0.5) is 4.39 Å². The Bertz CT molecular complexity index is 817. The first-order valence-corrected chi connectivity index (χ1v) is 7.14. The van der Waals surface area contributed by atoms with Gasteiger partial charge in [0, 0.05) is 10.9 Å². The van der Waals surface area contributed by atoms with E-state index in [0.29, 0.717) is 31.9 Å². The van der Waals surface area contributed by atoms with Gasteiger partial charge in [-0.3, -0.25) is 0 Å². The molecule has 0 aliphatic rings. The third-order valence-corrected chi connectivity index (χ3v) is 4.31. The van der Waals surface area contributed by atoms with Gasteiger partial charge in [0.1, 0.15) is 11.9 Å². The topological polar surface area (TPSA) is 20.2 Å². The van der Waals surface area contributed by atoms with Crippen molar-refractivity contribution in [2.75, 3.05) is 0 Å². The molecule has 0 aliphatic heterocycles. The maximum atomic E-state index is 13.8. The zero-order chi connectivity index (χ0) is 15.0. The molecule has 0 aliphatic carbocycles. The highest BCUT2D eigenvalue weighted by atomic mass is 35.5. The fourth-order valence-electron chi connectivity index (χ4n) is 2.42. The lowest BCUT2D eigenvalue weighted by atomic mass is 9.95. The molecule has 21 heavy (non-hydrogen) atoms. The van der Waals surface area contributed by atoms with Gasteiger partial charge >= 0.3 is 0 Å². The molecule has 1 N–H and O–H groups in total. The number of aliphatic hydroxyl groups excluding tert-OH is 1. The summed E-state index contributed by atoms with van der Waals surface area (Å²) in [6.07, 6.45) is -0.971. The summed E-state index contributed by atoms with van der Waals surface area (Å²) in [5.41, 5.74) is 1.09. The third-order valence-electron chi connectivity index (χ3n) is 3.48. The van der Waals surface area contributed by atoms with Gasteiger partial charge in [-0.05, 0) is 23.1 Å². The van der Waals surface area contributed by atoms with Crippen molar-refractivity contribution < 1.29 is 9.50 Å². The molecule has 1 nitrogen and oxygen atoms in total. The Hall–Kier alpha value is -1.61. The molecule has 0 aromatic heterocycles. The molecule has 106 valence electrons. The van der Waals surface area contributed by atoms with E-state index in [2.05, 4.69) is 0 Å². The molecule has 0 radical (unpaired) electrons. The van der Waals surface area contributed by atoms with E-state index in [9.17, 15) is 9.50 Å². The summed E-state index contributed by atoms with van der Waals surface area (Å²) < 4.78 is 13.8. The van der Waals surface area contributed by atoms with E-state index in [1.807, 2.05) is 0 Å². The minimum Gasteiger partial charge on any atom is -0.384 e. The number of rotatable bonds is 2. The van der Waals surface area contributed by atoms with Crippen molar-refractivity contribution in [3.05, 3.63) is 81.6 Å². The monoisotopic (exact) mass is 320 g/mol. The van der Waals surface area contributed by atoms with Crippen molar-refractivity contribution >= 4 is 34.0 Å². The summed E-state index contributed by atoms with van der Waals surface area (Å²) in [6.45, 7) is 0. The van der Waals surface area contributed by atoms with Crippen LogP contribution in [-0.4, -0.2) is 5.11 Å². The number of benzene rings is 3. The zero-order valence-corrected chi connectivity index (χ0v) is 12.4. The highest BCUT2D eigenvalue weighted by molar-refractivity contribution is 6.42. The number of halogens is 3. The highest BCUT2D eigenvalue weighted by Crippen LogP contribution is 2.36. The number of aliphatic hydroxyl groups is 1. The first-order chi connectivity index (χ1) is 10.1. The Morgan fingerprint density at radius 2 is 1.52 bits per heavy atom.